The lowest BCUT2D eigenvalue weighted by atomic mass is 9.98. The van der Waals surface area contributed by atoms with Crippen LogP contribution in [0.2, 0.25) is 0 Å². The molecule has 0 unspecified atom stereocenters. The number of carbonyl (C=O) groups excluding carboxylic acids is 2. The Morgan fingerprint density at radius 3 is 2.44 bits per heavy atom. The van der Waals surface area contributed by atoms with Gasteiger partial charge in [0.2, 0.25) is 0 Å². The van der Waals surface area contributed by atoms with Crippen LogP contribution in [0.25, 0.3) is 10.9 Å². The highest BCUT2D eigenvalue weighted by Gasteiger charge is 2.30. The smallest absolute Gasteiger partial charge is 0.295 e. The second-order valence-electron chi connectivity index (χ2n) is 6.61. The molecule has 1 aliphatic rings. The average molecular weight is 332 g/mol. The van der Waals surface area contributed by atoms with Gasteiger partial charge in [-0.3, -0.25) is 9.59 Å². The zero-order chi connectivity index (χ0) is 17.6. The summed E-state index contributed by atoms with van der Waals surface area (Å²) in [6, 6.07) is 15.8. The molecule has 0 saturated carbocycles. The fourth-order valence-electron chi connectivity index (χ4n) is 3.73. The number of carbonyl (C=O) groups is 2. The minimum Gasteiger partial charge on any atom is -0.347 e. The van der Waals surface area contributed by atoms with Crippen LogP contribution in [0, 0.1) is 6.92 Å². The second kappa shape index (κ2) is 5.88. The quantitative estimate of drug-likeness (QED) is 0.534. The van der Waals surface area contributed by atoms with Crippen molar-refractivity contribution in [3.05, 3.63) is 70.9 Å². The number of benzene rings is 2. The molecule has 2 aromatic carbocycles. The summed E-state index contributed by atoms with van der Waals surface area (Å²) in [4.78, 5) is 27.6. The molecule has 0 atom stereocenters. The van der Waals surface area contributed by atoms with Crippen molar-refractivity contribution in [1.29, 1.82) is 0 Å². The van der Waals surface area contributed by atoms with E-state index in [0.29, 0.717) is 18.7 Å². The van der Waals surface area contributed by atoms with Gasteiger partial charge in [0.15, 0.2) is 0 Å². The summed E-state index contributed by atoms with van der Waals surface area (Å²) in [5.74, 6) is -0.817. The molecule has 1 aromatic heterocycles. The number of Topliss-reactive ketones (excluding diaryl/α,β-unsaturated/α-hetero) is 1. The maximum absolute atomic E-state index is 13.0. The first-order valence-corrected chi connectivity index (χ1v) is 8.52. The van der Waals surface area contributed by atoms with Crippen LogP contribution < -0.4 is 0 Å². The van der Waals surface area contributed by atoms with Crippen LogP contribution in [0.15, 0.2) is 48.5 Å². The number of ketones is 1. The van der Waals surface area contributed by atoms with E-state index in [4.69, 9.17) is 0 Å². The van der Waals surface area contributed by atoms with Crippen molar-refractivity contribution in [2.24, 2.45) is 7.05 Å². The predicted molar refractivity (Wildman–Crippen MR) is 97.5 cm³/mol. The zero-order valence-electron chi connectivity index (χ0n) is 14.5. The van der Waals surface area contributed by atoms with Crippen molar-refractivity contribution < 1.29 is 9.59 Å². The summed E-state index contributed by atoms with van der Waals surface area (Å²) < 4.78 is 1.97. The van der Waals surface area contributed by atoms with E-state index in [9.17, 15) is 9.59 Å². The summed E-state index contributed by atoms with van der Waals surface area (Å²) in [7, 11) is 1.93. The Bertz CT molecular complexity index is 1000. The molecule has 0 bridgehead atoms. The van der Waals surface area contributed by atoms with Gasteiger partial charge in [0, 0.05) is 36.7 Å². The van der Waals surface area contributed by atoms with E-state index in [1.165, 1.54) is 5.56 Å². The molecule has 0 aliphatic carbocycles. The summed E-state index contributed by atoms with van der Waals surface area (Å²) in [5.41, 5.74) is 4.73. The standard InChI is InChI=1S/C21H20N2O2/c1-14-19(17-9-5-6-10-18(17)22(14)2)20(24)21(25)23-12-11-15-7-3-4-8-16(15)13-23/h3-10H,11-13H2,1-2H3. The van der Waals surface area contributed by atoms with Crippen LogP contribution in [-0.4, -0.2) is 27.7 Å². The molecule has 25 heavy (non-hydrogen) atoms. The van der Waals surface area contributed by atoms with Gasteiger partial charge in [-0.1, -0.05) is 42.5 Å². The Hall–Kier alpha value is -2.88. The van der Waals surface area contributed by atoms with Crippen LogP contribution in [0.4, 0.5) is 0 Å². The molecule has 3 aromatic rings. The molecule has 0 N–H and O–H groups in total. The molecule has 4 heteroatoms. The molecule has 4 rings (SSSR count). The second-order valence-corrected chi connectivity index (χ2v) is 6.61. The first-order chi connectivity index (χ1) is 12.1. The molecule has 2 heterocycles. The van der Waals surface area contributed by atoms with Gasteiger partial charge in [-0.05, 0) is 30.5 Å². The van der Waals surface area contributed by atoms with Gasteiger partial charge >= 0.3 is 0 Å². The number of hydrogen-bond acceptors (Lipinski definition) is 2. The van der Waals surface area contributed by atoms with Crippen molar-refractivity contribution in [3.63, 3.8) is 0 Å². The van der Waals surface area contributed by atoms with Gasteiger partial charge in [0.25, 0.3) is 11.7 Å². The van der Waals surface area contributed by atoms with Gasteiger partial charge in [-0.25, -0.2) is 0 Å². The number of amides is 1. The first kappa shape index (κ1) is 15.6. The van der Waals surface area contributed by atoms with E-state index in [2.05, 4.69) is 6.07 Å². The van der Waals surface area contributed by atoms with E-state index in [1.54, 1.807) is 4.90 Å². The topological polar surface area (TPSA) is 42.3 Å². The normalized spacial score (nSPS) is 13.8. The number of rotatable bonds is 2. The fourth-order valence-corrected chi connectivity index (χ4v) is 3.73. The number of para-hydroxylation sites is 1. The van der Waals surface area contributed by atoms with Crippen molar-refractivity contribution in [3.8, 4) is 0 Å². The summed E-state index contributed by atoms with van der Waals surface area (Å²) >= 11 is 0. The summed E-state index contributed by atoms with van der Waals surface area (Å²) in [6.45, 7) is 2.99. The van der Waals surface area contributed by atoms with Gasteiger partial charge in [-0.15, -0.1) is 0 Å². The predicted octanol–water partition coefficient (Wildman–Crippen LogP) is 3.25. The van der Waals surface area contributed by atoms with Crippen molar-refractivity contribution in [2.45, 2.75) is 19.9 Å². The third-order valence-electron chi connectivity index (χ3n) is 5.24. The number of aromatic nitrogens is 1. The fraction of sp³-hybridized carbons (Fsp3) is 0.238. The molecule has 4 nitrogen and oxygen atoms in total. The van der Waals surface area contributed by atoms with Gasteiger partial charge in [0.05, 0.1) is 5.56 Å². The third kappa shape index (κ3) is 2.45. The maximum Gasteiger partial charge on any atom is 0.295 e. The molecular weight excluding hydrogens is 312 g/mol. The summed E-state index contributed by atoms with van der Waals surface area (Å²) in [5, 5.41) is 0.846. The lowest BCUT2D eigenvalue weighted by Crippen LogP contribution is -2.40. The van der Waals surface area contributed by atoms with E-state index in [-0.39, 0.29) is 0 Å². The van der Waals surface area contributed by atoms with E-state index < -0.39 is 11.7 Å². The van der Waals surface area contributed by atoms with Crippen molar-refractivity contribution in [2.75, 3.05) is 6.54 Å². The van der Waals surface area contributed by atoms with Crippen LogP contribution in [-0.2, 0) is 24.8 Å². The third-order valence-corrected chi connectivity index (χ3v) is 5.24. The van der Waals surface area contributed by atoms with Crippen LogP contribution in [0.3, 0.4) is 0 Å². The monoisotopic (exact) mass is 332 g/mol. The van der Waals surface area contributed by atoms with Crippen LogP contribution in [0.1, 0.15) is 27.2 Å². The Morgan fingerprint density at radius 2 is 1.64 bits per heavy atom. The number of nitrogens with zero attached hydrogens (tertiary/aromatic N) is 2. The highest BCUT2D eigenvalue weighted by atomic mass is 16.2. The highest BCUT2D eigenvalue weighted by molar-refractivity contribution is 6.45. The van der Waals surface area contributed by atoms with Gasteiger partial charge < -0.3 is 9.47 Å². The van der Waals surface area contributed by atoms with Crippen LogP contribution >= 0.6 is 0 Å². The van der Waals surface area contributed by atoms with Crippen LogP contribution in [0.5, 0.6) is 0 Å². The van der Waals surface area contributed by atoms with E-state index in [0.717, 1.165) is 28.6 Å². The average Bonchev–Trinajstić information content (AvgIpc) is 2.91. The molecule has 0 fully saturated rings. The van der Waals surface area contributed by atoms with Crippen molar-refractivity contribution in [1.82, 2.24) is 9.47 Å². The Balaban J connectivity index is 1.68. The van der Waals surface area contributed by atoms with Gasteiger partial charge in [-0.2, -0.15) is 0 Å². The minimum atomic E-state index is -0.409. The molecule has 126 valence electrons. The molecule has 0 spiro atoms. The molecule has 0 saturated heterocycles. The maximum atomic E-state index is 13.0. The number of hydrogen-bond donors (Lipinski definition) is 0. The lowest BCUT2D eigenvalue weighted by Gasteiger charge is -2.28. The number of aryl methyl sites for hydroxylation is 1. The first-order valence-electron chi connectivity index (χ1n) is 8.52. The Kier molecular flexibility index (Phi) is 3.68. The lowest BCUT2D eigenvalue weighted by molar-refractivity contribution is -0.127. The molecule has 1 aliphatic heterocycles. The SMILES string of the molecule is Cc1c(C(=O)C(=O)N2CCc3ccccc3C2)c2ccccc2n1C. The Labute approximate surface area is 146 Å². The zero-order valence-corrected chi connectivity index (χ0v) is 14.5. The molecule has 1 amide bonds. The minimum absolute atomic E-state index is 0.408. The number of fused-ring (bicyclic) bond motifs is 2. The van der Waals surface area contributed by atoms with E-state index in [1.807, 2.05) is 61.0 Å². The van der Waals surface area contributed by atoms with Crippen molar-refractivity contribution >= 4 is 22.6 Å². The molecular formula is C21H20N2O2. The molecule has 0 radical (unpaired) electrons. The largest absolute Gasteiger partial charge is 0.347 e. The van der Waals surface area contributed by atoms with E-state index >= 15 is 0 Å². The van der Waals surface area contributed by atoms with Gasteiger partial charge in [0.1, 0.15) is 0 Å². The Morgan fingerprint density at radius 1 is 0.960 bits per heavy atom. The summed E-state index contributed by atoms with van der Waals surface area (Å²) in [6.07, 6.45) is 0.795. The highest BCUT2D eigenvalue weighted by Crippen LogP contribution is 2.26.